The summed E-state index contributed by atoms with van der Waals surface area (Å²) in [7, 11) is -0.711. The SMILES string of the molecule is CN(C)S(=O)(=O)c1cccc(NC(=O)C2(c3ccc(F)cc3)CCOCC2)c1. The van der Waals surface area contributed by atoms with Gasteiger partial charge in [0, 0.05) is 33.0 Å². The van der Waals surface area contributed by atoms with E-state index < -0.39 is 15.4 Å². The van der Waals surface area contributed by atoms with Crippen molar-refractivity contribution in [3.8, 4) is 0 Å². The maximum absolute atomic E-state index is 13.4. The molecule has 1 amide bonds. The molecule has 0 radical (unpaired) electrons. The number of rotatable bonds is 5. The number of amides is 1. The number of ether oxygens (including phenoxy) is 1. The van der Waals surface area contributed by atoms with Crippen LogP contribution in [0.3, 0.4) is 0 Å². The Morgan fingerprint density at radius 1 is 1.11 bits per heavy atom. The molecule has 1 N–H and O–H groups in total. The van der Waals surface area contributed by atoms with Crippen molar-refractivity contribution in [2.45, 2.75) is 23.2 Å². The van der Waals surface area contributed by atoms with Gasteiger partial charge in [-0.1, -0.05) is 18.2 Å². The van der Waals surface area contributed by atoms with Gasteiger partial charge in [-0.3, -0.25) is 4.79 Å². The van der Waals surface area contributed by atoms with Crippen molar-refractivity contribution in [2.75, 3.05) is 32.6 Å². The van der Waals surface area contributed by atoms with Gasteiger partial charge in [0.2, 0.25) is 15.9 Å². The molecule has 2 aromatic rings. The van der Waals surface area contributed by atoms with E-state index in [1.165, 1.54) is 38.4 Å². The fourth-order valence-electron chi connectivity index (χ4n) is 3.33. The van der Waals surface area contributed by atoms with Crippen LogP contribution in [-0.4, -0.2) is 45.9 Å². The van der Waals surface area contributed by atoms with Crippen molar-refractivity contribution in [1.29, 1.82) is 0 Å². The lowest BCUT2D eigenvalue weighted by atomic mass is 9.73. The molecule has 8 heteroatoms. The topological polar surface area (TPSA) is 75.7 Å². The number of hydrogen-bond acceptors (Lipinski definition) is 4. The predicted octanol–water partition coefficient (Wildman–Crippen LogP) is 2.76. The fourth-order valence-corrected chi connectivity index (χ4v) is 4.28. The molecular weight excluding hydrogens is 383 g/mol. The van der Waals surface area contributed by atoms with Gasteiger partial charge in [-0.15, -0.1) is 0 Å². The van der Waals surface area contributed by atoms with Crippen LogP contribution >= 0.6 is 0 Å². The molecule has 0 atom stereocenters. The first-order chi connectivity index (χ1) is 13.3. The van der Waals surface area contributed by atoms with E-state index in [2.05, 4.69) is 5.32 Å². The Bertz CT molecular complexity index is 952. The third kappa shape index (κ3) is 3.94. The summed E-state index contributed by atoms with van der Waals surface area (Å²) in [4.78, 5) is 13.3. The lowest BCUT2D eigenvalue weighted by Gasteiger charge is -2.36. The summed E-state index contributed by atoms with van der Waals surface area (Å²) < 4.78 is 44.6. The van der Waals surface area contributed by atoms with Crippen LogP contribution in [0.4, 0.5) is 10.1 Å². The fraction of sp³-hybridized carbons (Fsp3) is 0.350. The number of benzene rings is 2. The lowest BCUT2D eigenvalue weighted by Crippen LogP contribution is -2.44. The molecule has 6 nitrogen and oxygen atoms in total. The largest absolute Gasteiger partial charge is 0.381 e. The van der Waals surface area contributed by atoms with Crippen LogP contribution < -0.4 is 5.32 Å². The Labute approximate surface area is 164 Å². The van der Waals surface area contributed by atoms with Gasteiger partial charge < -0.3 is 10.1 Å². The quantitative estimate of drug-likeness (QED) is 0.829. The average molecular weight is 406 g/mol. The zero-order valence-corrected chi connectivity index (χ0v) is 16.6. The summed E-state index contributed by atoms with van der Waals surface area (Å²) in [6.07, 6.45) is 0.917. The molecule has 28 heavy (non-hydrogen) atoms. The Kier molecular flexibility index (Phi) is 5.83. The summed E-state index contributed by atoms with van der Waals surface area (Å²) in [5, 5.41) is 2.85. The monoisotopic (exact) mass is 406 g/mol. The summed E-state index contributed by atoms with van der Waals surface area (Å²) in [6, 6.07) is 12.1. The summed E-state index contributed by atoms with van der Waals surface area (Å²) in [6.45, 7) is 0.833. The molecule has 1 heterocycles. The second kappa shape index (κ2) is 7.98. The highest BCUT2D eigenvalue weighted by molar-refractivity contribution is 7.89. The molecule has 1 aliphatic heterocycles. The van der Waals surface area contributed by atoms with Gasteiger partial charge >= 0.3 is 0 Å². The minimum Gasteiger partial charge on any atom is -0.381 e. The van der Waals surface area contributed by atoms with Crippen molar-refractivity contribution in [3.63, 3.8) is 0 Å². The van der Waals surface area contributed by atoms with Gasteiger partial charge in [0.15, 0.2) is 0 Å². The van der Waals surface area contributed by atoms with Crippen LogP contribution in [0.5, 0.6) is 0 Å². The van der Waals surface area contributed by atoms with E-state index in [1.54, 1.807) is 24.3 Å². The van der Waals surface area contributed by atoms with Gasteiger partial charge in [0.25, 0.3) is 0 Å². The standard InChI is InChI=1S/C20H23FN2O4S/c1-23(2)28(25,26)18-5-3-4-17(14-18)22-19(24)20(10-12-27-13-11-20)15-6-8-16(21)9-7-15/h3-9,14H,10-13H2,1-2H3,(H,22,24). The Hall–Kier alpha value is -2.29. The van der Waals surface area contributed by atoms with E-state index in [4.69, 9.17) is 4.74 Å². The van der Waals surface area contributed by atoms with Crippen molar-refractivity contribution < 1.29 is 22.3 Å². The van der Waals surface area contributed by atoms with Gasteiger partial charge in [-0.2, -0.15) is 0 Å². The zero-order chi connectivity index (χ0) is 20.4. The molecule has 0 aliphatic carbocycles. The number of halogens is 1. The highest BCUT2D eigenvalue weighted by Gasteiger charge is 2.41. The average Bonchev–Trinajstić information content (AvgIpc) is 2.69. The Morgan fingerprint density at radius 3 is 2.36 bits per heavy atom. The summed E-state index contributed by atoms with van der Waals surface area (Å²) in [5.74, 6) is -0.630. The maximum Gasteiger partial charge on any atom is 0.242 e. The molecule has 0 aromatic heterocycles. The highest BCUT2D eigenvalue weighted by atomic mass is 32.2. The number of carbonyl (C=O) groups excluding carboxylic acids is 1. The first-order valence-electron chi connectivity index (χ1n) is 8.93. The molecule has 1 fully saturated rings. The lowest BCUT2D eigenvalue weighted by molar-refractivity contribution is -0.125. The van der Waals surface area contributed by atoms with Crippen LogP contribution in [-0.2, 0) is 25.0 Å². The van der Waals surface area contributed by atoms with Crippen LogP contribution in [0.25, 0.3) is 0 Å². The first kappa shape index (κ1) is 20.4. The normalized spacial score (nSPS) is 16.7. The minimum absolute atomic E-state index is 0.0955. The van der Waals surface area contributed by atoms with Gasteiger partial charge in [-0.05, 0) is 48.7 Å². The van der Waals surface area contributed by atoms with E-state index in [0.717, 1.165) is 4.31 Å². The third-order valence-electron chi connectivity index (χ3n) is 5.05. The van der Waals surface area contributed by atoms with E-state index in [1.807, 2.05) is 0 Å². The highest BCUT2D eigenvalue weighted by Crippen LogP contribution is 2.36. The predicted molar refractivity (Wildman–Crippen MR) is 104 cm³/mol. The van der Waals surface area contributed by atoms with Gasteiger partial charge in [-0.25, -0.2) is 17.1 Å². The molecule has 1 aliphatic rings. The molecule has 0 spiro atoms. The molecule has 0 unspecified atom stereocenters. The van der Waals surface area contributed by atoms with Crippen molar-refractivity contribution >= 4 is 21.6 Å². The number of hydrogen-bond donors (Lipinski definition) is 1. The van der Waals surface area contributed by atoms with E-state index in [0.29, 0.717) is 37.3 Å². The molecular formula is C20H23FN2O4S. The zero-order valence-electron chi connectivity index (χ0n) is 15.8. The molecule has 2 aromatic carbocycles. The molecule has 0 bridgehead atoms. The second-order valence-electron chi connectivity index (χ2n) is 6.97. The van der Waals surface area contributed by atoms with Gasteiger partial charge in [0.1, 0.15) is 5.82 Å². The van der Waals surface area contributed by atoms with Crippen molar-refractivity contribution in [3.05, 3.63) is 59.9 Å². The summed E-state index contributed by atoms with van der Waals surface area (Å²) >= 11 is 0. The Balaban J connectivity index is 1.92. The van der Waals surface area contributed by atoms with Crippen LogP contribution in [0.1, 0.15) is 18.4 Å². The smallest absolute Gasteiger partial charge is 0.242 e. The summed E-state index contributed by atoms with van der Waals surface area (Å²) in [5.41, 5.74) is 0.246. The minimum atomic E-state index is -3.61. The number of nitrogens with zero attached hydrogens (tertiary/aromatic N) is 1. The molecule has 150 valence electrons. The van der Waals surface area contributed by atoms with E-state index >= 15 is 0 Å². The number of nitrogens with one attached hydrogen (secondary N) is 1. The van der Waals surface area contributed by atoms with Crippen LogP contribution in [0.2, 0.25) is 0 Å². The number of sulfonamides is 1. The number of carbonyl (C=O) groups is 1. The first-order valence-corrected chi connectivity index (χ1v) is 10.4. The van der Waals surface area contributed by atoms with E-state index in [9.17, 15) is 17.6 Å². The van der Waals surface area contributed by atoms with E-state index in [-0.39, 0.29) is 16.6 Å². The third-order valence-corrected chi connectivity index (χ3v) is 6.86. The molecule has 1 saturated heterocycles. The second-order valence-corrected chi connectivity index (χ2v) is 9.12. The molecule has 3 rings (SSSR count). The van der Waals surface area contributed by atoms with Crippen LogP contribution in [0, 0.1) is 5.82 Å². The van der Waals surface area contributed by atoms with Crippen molar-refractivity contribution in [1.82, 2.24) is 4.31 Å². The van der Waals surface area contributed by atoms with Crippen molar-refractivity contribution in [2.24, 2.45) is 0 Å². The number of anilines is 1. The van der Waals surface area contributed by atoms with Crippen LogP contribution in [0.15, 0.2) is 53.4 Å². The Morgan fingerprint density at radius 2 is 1.75 bits per heavy atom. The maximum atomic E-state index is 13.4. The molecule has 0 saturated carbocycles. The van der Waals surface area contributed by atoms with Gasteiger partial charge in [0.05, 0.1) is 10.3 Å².